The largest absolute Gasteiger partial charge is 0.394 e. The molecule has 1 saturated carbocycles. The highest BCUT2D eigenvalue weighted by molar-refractivity contribution is 7.11. The smallest absolute Gasteiger partial charge is 0.263 e. The first-order valence-electron chi connectivity index (χ1n) is 7.46. The van der Waals surface area contributed by atoms with Gasteiger partial charge < -0.3 is 10.4 Å². The SMILES string of the molecule is CCc1ncsc1C(=O)N[C@](C)(CO)C1CCCCC1. The number of aliphatic hydroxyl groups is 1. The number of carbonyl (C=O) groups is 1. The Kier molecular flexibility index (Phi) is 5.16. The van der Waals surface area contributed by atoms with Gasteiger partial charge in [0.05, 0.1) is 23.4 Å². The van der Waals surface area contributed by atoms with Gasteiger partial charge in [-0.1, -0.05) is 26.2 Å². The normalized spacial score (nSPS) is 19.6. The van der Waals surface area contributed by atoms with Crippen LogP contribution in [0.15, 0.2) is 5.51 Å². The lowest BCUT2D eigenvalue weighted by Gasteiger charge is -2.39. The highest BCUT2D eigenvalue weighted by Gasteiger charge is 2.36. The van der Waals surface area contributed by atoms with Crippen molar-refractivity contribution in [3.05, 3.63) is 16.1 Å². The van der Waals surface area contributed by atoms with Gasteiger partial charge in [-0.2, -0.15) is 0 Å². The van der Waals surface area contributed by atoms with Gasteiger partial charge in [-0.05, 0) is 32.1 Å². The van der Waals surface area contributed by atoms with Crippen LogP contribution < -0.4 is 5.32 Å². The van der Waals surface area contributed by atoms with E-state index in [0.717, 1.165) is 25.0 Å². The van der Waals surface area contributed by atoms with E-state index in [2.05, 4.69) is 10.3 Å². The standard InChI is InChI=1S/C15H24N2O2S/c1-3-12-13(20-10-16-12)14(19)17-15(2,9-18)11-7-5-4-6-8-11/h10-11,18H,3-9H2,1-2H3,(H,17,19)/t15-/m1/s1. The molecular formula is C15H24N2O2S. The van der Waals surface area contributed by atoms with Gasteiger partial charge in [0.2, 0.25) is 0 Å². The number of aliphatic hydroxyl groups excluding tert-OH is 1. The minimum absolute atomic E-state index is 0.0102. The van der Waals surface area contributed by atoms with Crippen LogP contribution in [-0.4, -0.2) is 28.1 Å². The molecule has 1 fully saturated rings. The summed E-state index contributed by atoms with van der Waals surface area (Å²) in [5.74, 6) is 0.273. The average molecular weight is 296 g/mol. The van der Waals surface area contributed by atoms with E-state index in [1.807, 2.05) is 13.8 Å². The van der Waals surface area contributed by atoms with E-state index in [1.54, 1.807) is 5.51 Å². The molecular weight excluding hydrogens is 272 g/mol. The quantitative estimate of drug-likeness (QED) is 0.878. The third-order valence-corrected chi connectivity index (χ3v) is 5.28. The van der Waals surface area contributed by atoms with Crippen LogP contribution in [0.4, 0.5) is 0 Å². The van der Waals surface area contributed by atoms with Gasteiger partial charge in [0.15, 0.2) is 0 Å². The maximum atomic E-state index is 12.5. The Morgan fingerprint density at radius 1 is 1.50 bits per heavy atom. The second-order valence-corrected chi connectivity index (χ2v) is 6.70. The Bertz CT molecular complexity index is 454. The van der Waals surface area contributed by atoms with Crippen LogP contribution >= 0.6 is 11.3 Å². The number of aryl methyl sites for hydroxylation is 1. The van der Waals surface area contributed by atoms with Crippen LogP contribution in [0.3, 0.4) is 0 Å². The first kappa shape index (κ1) is 15.4. The monoisotopic (exact) mass is 296 g/mol. The Labute approximate surface area is 124 Å². The number of thiazole rings is 1. The molecule has 1 atom stereocenters. The van der Waals surface area contributed by atoms with E-state index < -0.39 is 5.54 Å². The average Bonchev–Trinajstić information content (AvgIpc) is 2.96. The van der Waals surface area contributed by atoms with Crippen LogP contribution in [0, 0.1) is 5.92 Å². The summed E-state index contributed by atoms with van der Waals surface area (Å²) in [6.45, 7) is 3.95. The van der Waals surface area contributed by atoms with Gasteiger partial charge in [-0.25, -0.2) is 4.98 Å². The summed E-state index contributed by atoms with van der Waals surface area (Å²) in [6.07, 6.45) is 6.57. The van der Waals surface area contributed by atoms with Gasteiger partial charge in [0, 0.05) is 0 Å². The first-order valence-corrected chi connectivity index (χ1v) is 8.34. The molecule has 0 bridgehead atoms. The molecule has 0 aliphatic heterocycles. The summed E-state index contributed by atoms with van der Waals surface area (Å²) in [4.78, 5) is 17.4. The predicted molar refractivity (Wildman–Crippen MR) is 81.0 cm³/mol. The summed E-state index contributed by atoms with van der Waals surface area (Å²) in [5.41, 5.74) is 2.04. The van der Waals surface area contributed by atoms with Crippen molar-refractivity contribution in [2.75, 3.05) is 6.61 Å². The molecule has 2 N–H and O–H groups in total. The number of hydrogen-bond acceptors (Lipinski definition) is 4. The maximum absolute atomic E-state index is 12.5. The minimum Gasteiger partial charge on any atom is -0.394 e. The molecule has 112 valence electrons. The fourth-order valence-corrected chi connectivity index (χ4v) is 3.81. The zero-order valence-corrected chi connectivity index (χ0v) is 13.1. The fraction of sp³-hybridized carbons (Fsp3) is 0.733. The molecule has 0 saturated heterocycles. The van der Waals surface area contributed by atoms with Crippen LogP contribution in [-0.2, 0) is 6.42 Å². The third kappa shape index (κ3) is 3.20. The summed E-state index contributed by atoms with van der Waals surface area (Å²) in [6, 6.07) is 0. The van der Waals surface area contributed by atoms with E-state index in [0.29, 0.717) is 10.8 Å². The number of nitrogens with zero attached hydrogens (tertiary/aromatic N) is 1. The minimum atomic E-state index is -0.521. The summed E-state index contributed by atoms with van der Waals surface area (Å²) >= 11 is 1.38. The molecule has 1 heterocycles. The second kappa shape index (κ2) is 6.68. The van der Waals surface area contributed by atoms with Crippen molar-refractivity contribution in [2.45, 2.75) is 57.9 Å². The van der Waals surface area contributed by atoms with Crippen LogP contribution in [0.1, 0.15) is 61.3 Å². The molecule has 0 aromatic carbocycles. The molecule has 20 heavy (non-hydrogen) atoms. The summed E-state index contributed by atoms with van der Waals surface area (Å²) in [5, 5.41) is 12.9. The highest BCUT2D eigenvalue weighted by Crippen LogP contribution is 2.33. The number of nitrogens with one attached hydrogen (secondary N) is 1. The zero-order valence-electron chi connectivity index (χ0n) is 12.3. The molecule has 0 spiro atoms. The van der Waals surface area contributed by atoms with Crippen molar-refractivity contribution in [2.24, 2.45) is 5.92 Å². The van der Waals surface area contributed by atoms with Crippen molar-refractivity contribution < 1.29 is 9.90 Å². The van der Waals surface area contributed by atoms with Crippen molar-refractivity contribution in [1.29, 1.82) is 0 Å². The fourth-order valence-electron chi connectivity index (χ4n) is 3.03. The van der Waals surface area contributed by atoms with E-state index in [1.165, 1.54) is 30.6 Å². The molecule has 2 rings (SSSR count). The number of rotatable bonds is 5. The lowest BCUT2D eigenvalue weighted by molar-refractivity contribution is 0.0682. The maximum Gasteiger partial charge on any atom is 0.263 e. The topological polar surface area (TPSA) is 62.2 Å². The predicted octanol–water partition coefficient (Wildman–Crippen LogP) is 2.77. The molecule has 4 nitrogen and oxygen atoms in total. The summed E-state index contributed by atoms with van der Waals surface area (Å²) < 4.78 is 0. The van der Waals surface area contributed by atoms with E-state index >= 15 is 0 Å². The van der Waals surface area contributed by atoms with Crippen molar-refractivity contribution in [3.63, 3.8) is 0 Å². The van der Waals surface area contributed by atoms with Gasteiger partial charge in [0.25, 0.3) is 5.91 Å². The first-order chi connectivity index (χ1) is 9.60. The molecule has 0 unspecified atom stereocenters. The lowest BCUT2D eigenvalue weighted by Crippen LogP contribution is -2.54. The third-order valence-electron chi connectivity index (χ3n) is 4.42. The van der Waals surface area contributed by atoms with Crippen molar-refractivity contribution in [3.8, 4) is 0 Å². The van der Waals surface area contributed by atoms with Gasteiger partial charge >= 0.3 is 0 Å². The Balaban J connectivity index is 2.10. The molecule has 1 aliphatic carbocycles. The van der Waals surface area contributed by atoms with Crippen molar-refractivity contribution in [1.82, 2.24) is 10.3 Å². The molecule has 1 aromatic heterocycles. The van der Waals surface area contributed by atoms with Crippen LogP contribution in [0.2, 0.25) is 0 Å². The number of amides is 1. The van der Waals surface area contributed by atoms with E-state index in [4.69, 9.17) is 0 Å². The van der Waals surface area contributed by atoms with Crippen LogP contribution in [0.25, 0.3) is 0 Å². The number of hydrogen-bond donors (Lipinski definition) is 2. The Morgan fingerprint density at radius 2 is 2.20 bits per heavy atom. The van der Waals surface area contributed by atoms with Crippen LogP contribution in [0.5, 0.6) is 0 Å². The van der Waals surface area contributed by atoms with E-state index in [-0.39, 0.29) is 12.5 Å². The summed E-state index contributed by atoms with van der Waals surface area (Å²) in [7, 11) is 0. The molecule has 0 radical (unpaired) electrons. The molecule has 1 aromatic rings. The van der Waals surface area contributed by atoms with Gasteiger partial charge in [-0.15, -0.1) is 11.3 Å². The highest BCUT2D eigenvalue weighted by atomic mass is 32.1. The zero-order chi connectivity index (χ0) is 14.6. The Morgan fingerprint density at radius 3 is 2.80 bits per heavy atom. The second-order valence-electron chi connectivity index (χ2n) is 5.85. The van der Waals surface area contributed by atoms with Gasteiger partial charge in [-0.3, -0.25) is 4.79 Å². The lowest BCUT2D eigenvalue weighted by atomic mass is 9.76. The number of carbonyl (C=O) groups excluding carboxylic acids is 1. The molecule has 5 heteroatoms. The Hall–Kier alpha value is -0.940. The molecule has 1 amide bonds. The van der Waals surface area contributed by atoms with Gasteiger partial charge in [0.1, 0.15) is 4.88 Å². The van der Waals surface area contributed by atoms with E-state index in [9.17, 15) is 9.90 Å². The number of aromatic nitrogens is 1. The molecule has 1 aliphatic rings. The van der Waals surface area contributed by atoms with Crippen molar-refractivity contribution >= 4 is 17.2 Å².